The summed E-state index contributed by atoms with van der Waals surface area (Å²) in [5, 5.41) is 3.25. The first-order valence-corrected chi connectivity index (χ1v) is 6.88. The largest absolute Gasteiger partial charge is 0.416 e. The van der Waals surface area contributed by atoms with Gasteiger partial charge >= 0.3 is 6.18 Å². The van der Waals surface area contributed by atoms with Crippen LogP contribution in [0, 0.1) is 6.92 Å². The van der Waals surface area contributed by atoms with Gasteiger partial charge in [0.15, 0.2) is 0 Å². The highest BCUT2D eigenvalue weighted by molar-refractivity contribution is 5.26. The van der Waals surface area contributed by atoms with E-state index in [2.05, 4.69) is 24.4 Å². The van der Waals surface area contributed by atoms with Gasteiger partial charge in [-0.25, -0.2) is 0 Å². The number of aryl methyl sites for hydroxylation is 1. The van der Waals surface area contributed by atoms with Crippen molar-refractivity contribution < 1.29 is 13.2 Å². The van der Waals surface area contributed by atoms with Gasteiger partial charge in [-0.2, -0.15) is 13.2 Å². The summed E-state index contributed by atoms with van der Waals surface area (Å²) in [7, 11) is 0. The first kappa shape index (κ1) is 15.6. The molecule has 2 rings (SSSR count). The third kappa shape index (κ3) is 4.60. The quantitative estimate of drug-likeness (QED) is 0.808. The minimum atomic E-state index is -4.27. The molecule has 2 aromatic rings. The molecule has 0 heterocycles. The third-order valence-electron chi connectivity index (χ3n) is 3.44. The smallest absolute Gasteiger partial charge is 0.312 e. The van der Waals surface area contributed by atoms with Crippen LogP contribution in [0.15, 0.2) is 48.5 Å². The zero-order chi connectivity index (χ0) is 15.3. The van der Waals surface area contributed by atoms with Gasteiger partial charge in [0.25, 0.3) is 0 Å². The number of hydrogen-bond acceptors (Lipinski definition) is 1. The predicted molar refractivity (Wildman–Crippen MR) is 78.0 cm³/mol. The van der Waals surface area contributed by atoms with Crippen LogP contribution in [0.25, 0.3) is 0 Å². The molecule has 4 heteroatoms. The van der Waals surface area contributed by atoms with Gasteiger partial charge in [0.05, 0.1) is 5.56 Å². The second-order valence-electron chi connectivity index (χ2n) is 5.05. The lowest BCUT2D eigenvalue weighted by molar-refractivity contribution is -0.137. The first-order valence-electron chi connectivity index (χ1n) is 6.88. The van der Waals surface area contributed by atoms with E-state index in [4.69, 9.17) is 0 Å². The van der Waals surface area contributed by atoms with Crippen LogP contribution in [0.1, 0.15) is 22.3 Å². The molecule has 0 saturated heterocycles. The highest BCUT2D eigenvalue weighted by Crippen LogP contribution is 2.29. The highest BCUT2D eigenvalue weighted by atomic mass is 19.4. The molecule has 0 bridgehead atoms. The van der Waals surface area contributed by atoms with Crippen LogP contribution < -0.4 is 5.32 Å². The van der Waals surface area contributed by atoms with Gasteiger partial charge in [-0.1, -0.05) is 36.4 Å². The number of benzene rings is 2. The first-order chi connectivity index (χ1) is 9.97. The van der Waals surface area contributed by atoms with E-state index in [0.717, 1.165) is 30.7 Å². The summed E-state index contributed by atoms with van der Waals surface area (Å²) in [5.41, 5.74) is 2.80. The molecule has 0 amide bonds. The molecule has 1 nitrogen and oxygen atoms in total. The summed E-state index contributed by atoms with van der Waals surface area (Å²) in [6.45, 7) is 3.45. The van der Waals surface area contributed by atoms with E-state index in [9.17, 15) is 13.2 Å². The molecule has 21 heavy (non-hydrogen) atoms. The Bertz CT molecular complexity index is 573. The molecule has 0 aliphatic carbocycles. The molecule has 0 spiro atoms. The number of rotatable bonds is 5. The monoisotopic (exact) mass is 293 g/mol. The molecule has 0 radical (unpaired) electrons. The van der Waals surface area contributed by atoms with Gasteiger partial charge in [0, 0.05) is 6.54 Å². The Morgan fingerprint density at radius 3 is 2.24 bits per heavy atom. The van der Waals surface area contributed by atoms with Crippen LogP contribution in [-0.2, 0) is 19.1 Å². The van der Waals surface area contributed by atoms with E-state index < -0.39 is 11.7 Å². The molecule has 1 N–H and O–H groups in total. The van der Waals surface area contributed by atoms with E-state index >= 15 is 0 Å². The van der Waals surface area contributed by atoms with Crippen LogP contribution in [0.2, 0.25) is 0 Å². The standard InChI is InChI=1S/C17H18F3N/c1-13-4-2-3-5-15(13)10-11-21-12-14-6-8-16(9-7-14)17(18,19)20/h2-9,21H,10-12H2,1H3. The van der Waals surface area contributed by atoms with Crippen LogP contribution in [0.5, 0.6) is 0 Å². The fourth-order valence-corrected chi connectivity index (χ4v) is 2.16. The maximum atomic E-state index is 12.4. The summed E-state index contributed by atoms with van der Waals surface area (Å²) in [6.07, 6.45) is -3.36. The molecule has 112 valence electrons. The van der Waals surface area contributed by atoms with Gasteiger partial charge in [-0.15, -0.1) is 0 Å². The van der Waals surface area contributed by atoms with E-state index in [1.54, 1.807) is 0 Å². The summed E-state index contributed by atoms with van der Waals surface area (Å²) >= 11 is 0. The lowest BCUT2D eigenvalue weighted by Gasteiger charge is -2.09. The molecular weight excluding hydrogens is 275 g/mol. The highest BCUT2D eigenvalue weighted by Gasteiger charge is 2.29. The van der Waals surface area contributed by atoms with Crippen LogP contribution in [0.3, 0.4) is 0 Å². The lowest BCUT2D eigenvalue weighted by Crippen LogP contribution is -2.17. The molecule has 0 fully saturated rings. The molecule has 0 atom stereocenters. The Labute approximate surface area is 122 Å². The van der Waals surface area contributed by atoms with Crippen LogP contribution in [0.4, 0.5) is 13.2 Å². The molecular formula is C17H18F3N. The molecule has 0 aliphatic rings. The third-order valence-corrected chi connectivity index (χ3v) is 3.44. The minimum Gasteiger partial charge on any atom is -0.312 e. The van der Waals surface area contributed by atoms with Crippen molar-refractivity contribution in [2.24, 2.45) is 0 Å². The Morgan fingerprint density at radius 2 is 1.62 bits per heavy atom. The van der Waals surface area contributed by atoms with Gasteiger partial charge < -0.3 is 5.32 Å². The summed E-state index contributed by atoms with van der Waals surface area (Å²) in [6, 6.07) is 13.5. The van der Waals surface area contributed by atoms with E-state index in [1.165, 1.54) is 23.3 Å². The molecule has 0 aliphatic heterocycles. The fraction of sp³-hybridized carbons (Fsp3) is 0.294. The van der Waals surface area contributed by atoms with Crippen molar-refractivity contribution in [3.05, 3.63) is 70.8 Å². The SMILES string of the molecule is Cc1ccccc1CCNCc1ccc(C(F)(F)F)cc1. The van der Waals surface area contributed by atoms with Gasteiger partial charge in [0.1, 0.15) is 0 Å². The van der Waals surface area contributed by atoms with E-state index in [0.29, 0.717) is 6.54 Å². The van der Waals surface area contributed by atoms with Crippen LogP contribution >= 0.6 is 0 Å². The minimum absolute atomic E-state index is 0.573. The summed E-state index contributed by atoms with van der Waals surface area (Å²) < 4.78 is 37.3. The predicted octanol–water partition coefficient (Wildman–Crippen LogP) is 4.35. The van der Waals surface area contributed by atoms with Gasteiger partial charge in [0.2, 0.25) is 0 Å². The van der Waals surface area contributed by atoms with Gasteiger partial charge in [-0.05, 0) is 48.7 Å². The zero-order valence-corrected chi connectivity index (χ0v) is 11.9. The average Bonchev–Trinajstić information content (AvgIpc) is 2.45. The number of hydrogen-bond donors (Lipinski definition) is 1. The Balaban J connectivity index is 1.80. The molecule has 0 unspecified atom stereocenters. The van der Waals surface area contributed by atoms with E-state index in [-0.39, 0.29) is 0 Å². The van der Waals surface area contributed by atoms with Crippen molar-refractivity contribution in [2.75, 3.05) is 6.54 Å². The van der Waals surface area contributed by atoms with Crippen molar-refractivity contribution in [1.82, 2.24) is 5.32 Å². The maximum Gasteiger partial charge on any atom is 0.416 e. The van der Waals surface area contributed by atoms with Crippen molar-refractivity contribution >= 4 is 0 Å². The van der Waals surface area contributed by atoms with E-state index in [1.807, 2.05) is 12.1 Å². The van der Waals surface area contributed by atoms with Crippen molar-refractivity contribution in [1.29, 1.82) is 0 Å². The Hall–Kier alpha value is -1.81. The maximum absolute atomic E-state index is 12.4. The fourth-order valence-electron chi connectivity index (χ4n) is 2.16. The van der Waals surface area contributed by atoms with Crippen molar-refractivity contribution in [2.45, 2.75) is 26.1 Å². The van der Waals surface area contributed by atoms with Crippen LogP contribution in [-0.4, -0.2) is 6.54 Å². The van der Waals surface area contributed by atoms with Gasteiger partial charge in [-0.3, -0.25) is 0 Å². The molecule has 2 aromatic carbocycles. The number of alkyl halides is 3. The molecule has 0 saturated carbocycles. The zero-order valence-electron chi connectivity index (χ0n) is 11.9. The Kier molecular flexibility index (Phi) is 5.02. The number of halogens is 3. The summed E-state index contributed by atoms with van der Waals surface area (Å²) in [4.78, 5) is 0. The normalized spacial score (nSPS) is 11.6. The lowest BCUT2D eigenvalue weighted by atomic mass is 10.1. The molecule has 0 aromatic heterocycles. The second-order valence-corrected chi connectivity index (χ2v) is 5.05. The van der Waals surface area contributed by atoms with Crippen molar-refractivity contribution in [3.63, 3.8) is 0 Å². The summed E-state index contributed by atoms with van der Waals surface area (Å²) in [5.74, 6) is 0. The Morgan fingerprint density at radius 1 is 0.952 bits per heavy atom. The second kappa shape index (κ2) is 6.76. The van der Waals surface area contributed by atoms with Crippen molar-refractivity contribution in [3.8, 4) is 0 Å². The number of nitrogens with one attached hydrogen (secondary N) is 1. The average molecular weight is 293 g/mol. The topological polar surface area (TPSA) is 12.0 Å².